The highest BCUT2D eigenvalue weighted by Gasteiger charge is 2.23. The first-order chi connectivity index (χ1) is 11.8. The largest absolute Gasteiger partial charge is 0.338 e. The van der Waals surface area contributed by atoms with Crippen molar-refractivity contribution >= 4 is 11.3 Å². The normalized spacial score (nSPS) is 16.5. The number of imidazole rings is 1. The Morgan fingerprint density at radius 1 is 1.17 bits per heavy atom. The fourth-order valence-electron chi connectivity index (χ4n) is 3.44. The molecule has 0 radical (unpaired) electrons. The number of aryl methyl sites for hydroxylation is 1. The molecule has 0 unspecified atom stereocenters. The van der Waals surface area contributed by atoms with Crippen molar-refractivity contribution < 1.29 is 0 Å². The monoisotopic (exact) mass is 338 g/mol. The van der Waals surface area contributed by atoms with E-state index >= 15 is 0 Å². The van der Waals surface area contributed by atoms with Crippen molar-refractivity contribution in [3.8, 4) is 10.6 Å². The molecule has 1 aromatic carbocycles. The van der Waals surface area contributed by atoms with Crippen molar-refractivity contribution in [2.45, 2.75) is 25.3 Å². The molecular formula is C19H22N4S. The second-order valence-corrected chi connectivity index (χ2v) is 7.31. The van der Waals surface area contributed by atoms with Crippen LogP contribution in [0, 0.1) is 0 Å². The highest BCUT2D eigenvalue weighted by Crippen LogP contribution is 2.28. The molecule has 0 aliphatic carbocycles. The lowest BCUT2D eigenvalue weighted by molar-refractivity contribution is 0.199. The number of aromatic nitrogens is 3. The quantitative estimate of drug-likeness (QED) is 0.723. The summed E-state index contributed by atoms with van der Waals surface area (Å²) in [6, 6.07) is 10.4. The Morgan fingerprint density at radius 2 is 1.96 bits per heavy atom. The molecule has 3 aromatic rings. The zero-order chi connectivity index (χ0) is 16.4. The third-order valence-electron chi connectivity index (χ3n) is 4.77. The van der Waals surface area contributed by atoms with Gasteiger partial charge in [0.2, 0.25) is 0 Å². The standard InChI is InChI=1S/C19H22N4S/c1-22-12-9-20-18(22)15-7-10-23(11-8-15)13-17-14-24-19(21-17)16-5-3-2-4-6-16/h2-6,9,12,14-15H,7-8,10-11,13H2,1H3. The van der Waals surface area contributed by atoms with Crippen LogP contribution >= 0.6 is 11.3 Å². The van der Waals surface area contributed by atoms with Crippen LogP contribution in [-0.4, -0.2) is 32.5 Å². The molecule has 1 aliphatic heterocycles. The number of piperidine rings is 1. The minimum absolute atomic E-state index is 0.594. The predicted octanol–water partition coefficient (Wildman–Crippen LogP) is 3.92. The summed E-state index contributed by atoms with van der Waals surface area (Å²) in [5, 5.41) is 3.32. The first kappa shape index (κ1) is 15.5. The van der Waals surface area contributed by atoms with Gasteiger partial charge in [-0.05, 0) is 25.9 Å². The van der Waals surface area contributed by atoms with Crippen molar-refractivity contribution in [3.05, 3.63) is 59.6 Å². The lowest BCUT2D eigenvalue weighted by Gasteiger charge is -2.31. The molecule has 0 saturated carbocycles. The average Bonchev–Trinajstić information content (AvgIpc) is 3.26. The summed E-state index contributed by atoms with van der Waals surface area (Å²) in [6.45, 7) is 3.20. The number of hydrogen-bond acceptors (Lipinski definition) is 4. The van der Waals surface area contributed by atoms with Crippen LogP contribution in [0.25, 0.3) is 10.6 Å². The minimum atomic E-state index is 0.594. The molecule has 3 heterocycles. The summed E-state index contributed by atoms with van der Waals surface area (Å²) < 4.78 is 2.16. The Balaban J connectivity index is 1.36. The number of nitrogens with zero attached hydrogens (tertiary/aromatic N) is 4. The maximum atomic E-state index is 4.82. The van der Waals surface area contributed by atoms with Gasteiger partial charge < -0.3 is 4.57 Å². The lowest BCUT2D eigenvalue weighted by atomic mass is 9.96. The van der Waals surface area contributed by atoms with Gasteiger partial charge in [0.25, 0.3) is 0 Å². The van der Waals surface area contributed by atoms with Gasteiger partial charge in [0, 0.05) is 42.8 Å². The fraction of sp³-hybridized carbons (Fsp3) is 0.368. The average molecular weight is 338 g/mol. The maximum Gasteiger partial charge on any atom is 0.123 e. The molecule has 1 fully saturated rings. The van der Waals surface area contributed by atoms with Gasteiger partial charge >= 0.3 is 0 Å². The van der Waals surface area contributed by atoms with E-state index in [4.69, 9.17) is 4.98 Å². The smallest absolute Gasteiger partial charge is 0.123 e. The van der Waals surface area contributed by atoms with Crippen LogP contribution in [-0.2, 0) is 13.6 Å². The summed E-state index contributed by atoms with van der Waals surface area (Å²) in [5.74, 6) is 1.83. The summed E-state index contributed by atoms with van der Waals surface area (Å²) in [6.07, 6.45) is 6.31. The van der Waals surface area contributed by atoms with Crippen LogP contribution in [0.5, 0.6) is 0 Å². The van der Waals surface area contributed by atoms with E-state index in [0.29, 0.717) is 5.92 Å². The van der Waals surface area contributed by atoms with Gasteiger partial charge in [-0.3, -0.25) is 4.90 Å². The van der Waals surface area contributed by atoms with Crippen LogP contribution < -0.4 is 0 Å². The third kappa shape index (κ3) is 3.28. The molecule has 1 saturated heterocycles. The van der Waals surface area contributed by atoms with Crippen LogP contribution in [0.4, 0.5) is 0 Å². The first-order valence-electron chi connectivity index (χ1n) is 8.49. The summed E-state index contributed by atoms with van der Waals surface area (Å²) in [7, 11) is 2.09. The molecule has 0 atom stereocenters. The van der Waals surface area contributed by atoms with Crippen LogP contribution in [0.3, 0.4) is 0 Å². The van der Waals surface area contributed by atoms with Crippen molar-refractivity contribution in [2.24, 2.45) is 7.05 Å². The van der Waals surface area contributed by atoms with E-state index in [1.54, 1.807) is 11.3 Å². The molecule has 4 rings (SSSR count). The second kappa shape index (κ2) is 6.87. The summed E-state index contributed by atoms with van der Waals surface area (Å²) in [5.41, 5.74) is 2.40. The van der Waals surface area contributed by atoms with Crippen molar-refractivity contribution in [3.63, 3.8) is 0 Å². The van der Waals surface area contributed by atoms with E-state index < -0.39 is 0 Å². The first-order valence-corrected chi connectivity index (χ1v) is 9.37. The zero-order valence-corrected chi connectivity index (χ0v) is 14.7. The second-order valence-electron chi connectivity index (χ2n) is 6.46. The maximum absolute atomic E-state index is 4.82. The van der Waals surface area contributed by atoms with E-state index in [-0.39, 0.29) is 0 Å². The molecule has 0 bridgehead atoms. The van der Waals surface area contributed by atoms with E-state index in [9.17, 15) is 0 Å². The molecule has 0 amide bonds. The van der Waals surface area contributed by atoms with Crippen molar-refractivity contribution in [1.82, 2.24) is 19.4 Å². The molecule has 0 spiro atoms. The fourth-order valence-corrected chi connectivity index (χ4v) is 4.26. The number of likely N-dealkylation sites (tertiary alicyclic amines) is 1. The highest BCUT2D eigenvalue weighted by molar-refractivity contribution is 7.13. The Labute approximate surface area is 146 Å². The molecule has 5 heteroatoms. The topological polar surface area (TPSA) is 34.0 Å². The predicted molar refractivity (Wildman–Crippen MR) is 98.0 cm³/mol. The Bertz CT molecular complexity index is 785. The van der Waals surface area contributed by atoms with Crippen molar-refractivity contribution in [1.29, 1.82) is 0 Å². The Morgan fingerprint density at radius 3 is 2.67 bits per heavy atom. The SMILES string of the molecule is Cn1ccnc1C1CCN(Cc2csc(-c3ccccc3)n2)CC1. The number of benzene rings is 1. The van der Waals surface area contributed by atoms with Gasteiger partial charge in [-0.1, -0.05) is 30.3 Å². The highest BCUT2D eigenvalue weighted by atomic mass is 32.1. The molecular weight excluding hydrogens is 316 g/mol. The van der Waals surface area contributed by atoms with Crippen LogP contribution in [0.2, 0.25) is 0 Å². The molecule has 24 heavy (non-hydrogen) atoms. The molecule has 124 valence electrons. The summed E-state index contributed by atoms with van der Waals surface area (Å²) >= 11 is 1.74. The number of hydrogen-bond donors (Lipinski definition) is 0. The molecule has 1 aliphatic rings. The Hall–Kier alpha value is -1.98. The van der Waals surface area contributed by atoms with Gasteiger partial charge in [-0.15, -0.1) is 11.3 Å². The van der Waals surface area contributed by atoms with Gasteiger partial charge in [0.15, 0.2) is 0 Å². The van der Waals surface area contributed by atoms with Crippen LogP contribution in [0.1, 0.15) is 30.3 Å². The van der Waals surface area contributed by atoms with Gasteiger partial charge in [0.05, 0.1) is 5.69 Å². The van der Waals surface area contributed by atoms with E-state index in [1.165, 1.54) is 29.9 Å². The van der Waals surface area contributed by atoms with E-state index in [0.717, 1.165) is 24.6 Å². The molecule has 2 aromatic heterocycles. The molecule has 4 nitrogen and oxygen atoms in total. The van der Waals surface area contributed by atoms with E-state index in [2.05, 4.69) is 51.1 Å². The van der Waals surface area contributed by atoms with Gasteiger partial charge in [-0.2, -0.15) is 0 Å². The number of rotatable bonds is 4. The van der Waals surface area contributed by atoms with E-state index in [1.807, 2.05) is 18.5 Å². The zero-order valence-electron chi connectivity index (χ0n) is 13.9. The van der Waals surface area contributed by atoms with Gasteiger partial charge in [0.1, 0.15) is 10.8 Å². The van der Waals surface area contributed by atoms with Crippen molar-refractivity contribution in [2.75, 3.05) is 13.1 Å². The summed E-state index contributed by atoms with van der Waals surface area (Å²) in [4.78, 5) is 11.9. The lowest BCUT2D eigenvalue weighted by Crippen LogP contribution is -2.33. The van der Waals surface area contributed by atoms with Crippen LogP contribution in [0.15, 0.2) is 48.1 Å². The Kier molecular flexibility index (Phi) is 4.45. The van der Waals surface area contributed by atoms with Gasteiger partial charge in [-0.25, -0.2) is 9.97 Å². The molecule has 0 N–H and O–H groups in total. The number of thiazole rings is 1. The minimum Gasteiger partial charge on any atom is -0.338 e. The third-order valence-corrected chi connectivity index (χ3v) is 5.71.